The smallest absolute Gasteiger partial charge is 0.325 e. The van der Waals surface area contributed by atoms with Crippen LogP contribution in [0, 0.1) is 6.92 Å². The second kappa shape index (κ2) is 3.34. The molecule has 0 saturated carbocycles. The van der Waals surface area contributed by atoms with Gasteiger partial charge in [-0.05, 0) is 6.92 Å². The lowest BCUT2D eigenvalue weighted by molar-refractivity contribution is -0.137. The van der Waals surface area contributed by atoms with Crippen molar-refractivity contribution in [3.8, 4) is 0 Å². The van der Waals surface area contributed by atoms with Gasteiger partial charge in [0.1, 0.15) is 12.4 Å². The maximum Gasteiger partial charge on any atom is 0.325 e. The Morgan fingerprint density at radius 2 is 2.33 bits per heavy atom. The molecular weight excluding hydrogens is 158 g/mol. The molecule has 1 N–H and O–H groups in total. The van der Waals surface area contributed by atoms with Crippen molar-refractivity contribution >= 4 is 5.97 Å². The lowest BCUT2D eigenvalue weighted by Gasteiger charge is -1.95. The first kappa shape index (κ1) is 8.70. The van der Waals surface area contributed by atoms with E-state index in [4.69, 9.17) is 5.11 Å². The van der Waals surface area contributed by atoms with E-state index in [9.17, 15) is 4.79 Å². The summed E-state index contributed by atoms with van der Waals surface area (Å²) in [6.45, 7) is 3.56. The number of aryl methyl sites for hydroxylation is 2. The number of aliphatic carboxylic acids is 1. The quantitative estimate of drug-likeness (QED) is 0.703. The van der Waals surface area contributed by atoms with Crippen LogP contribution in [0.1, 0.15) is 18.6 Å². The molecule has 0 saturated heterocycles. The highest BCUT2D eigenvalue weighted by atomic mass is 16.4. The molecule has 5 heteroatoms. The fourth-order valence-corrected chi connectivity index (χ4v) is 0.906. The summed E-state index contributed by atoms with van der Waals surface area (Å²) in [7, 11) is 0. The molecule has 0 aliphatic heterocycles. The Morgan fingerprint density at radius 3 is 2.75 bits per heavy atom. The van der Waals surface area contributed by atoms with Crippen molar-refractivity contribution < 1.29 is 9.90 Å². The molecule has 1 aromatic rings. The van der Waals surface area contributed by atoms with Gasteiger partial charge in [-0.25, -0.2) is 9.67 Å². The van der Waals surface area contributed by atoms with Gasteiger partial charge in [0, 0.05) is 6.42 Å². The van der Waals surface area contributed by atoms with E-state index in [0.29, 0.717) is 11.6 Å². The molecule has 0 fully saturated rings. The molecule has 1 rings (SSSR count). The fraction of sp³-hybridized carbons (Fsp3) is 0.571. The van der Waals surface area contributed by atoms with Gasteiger partial charge in [0.2, 0.25) is 0 Å². The predicted molar refractivity (Wildman–Crippen MR) is 41.8 cm³/mol. The first-order valence-electron chi connectivity index (χ1n) is 3.75. The highest BCUT2D eigenvalue weighted by Gasteiger charge is 2.06. The molecule has 1 aromatic heterocycles. The maximum atomic E-state index is 10.3. The third-order valence-electron chi connectivity index (χ3n) is 1.50. The molecule has 0 spiro atoms. The Labute approximate surface area is 70.0 Å². The fourth-order valence-electron chi connectivity index (χ4n) is 0.906. The van der Waals surface area contributed by atoms with E-state index in [1.54, 1.807) is 6.92 Å². The Balaban J connectivity index is 2.84. The number of carbonyl (C=O) groups is 1. The van der Waals surface area contributed by atoms with E-state index >= 15 is 0 Å². The Bertz CT molecular complexity index is 293. The maximum absolute atomic E-state index is 10.3. The van der Waals surface area contributed by atoms with Crippen LogP contribution in [0.15, 0.2) is 0 Å². The van der Waals surface area contributed by atoms with Crippen LogP contribution in [0.3, 0.4) is 0 Å². The highest BCUT2D eigenvalue weighted by molar-refractivity contribution is 5.66. The summed E-state index contributed by atoms with van der Waals surface area (Å²) in [5.74, 6) is 0.439. The van der Waals surface area contributed by atoms with Gasteiger partial charge in [0.25, 0.3) is 0 Å². The van der Waals surface area contributed by atoms with E-state index in [1.165, 1.54) is 4.68 Å². The molecule has 0 atom stereocenters. The number of hydrogen-bond donors (Lipinski definition) is 1. The van der Waals surface area contributed by atoms with Gasteiger partial charge in [-0.3, -0.25) is 4.79 Å². The van der Waals surface area contributed by atoms with E-state index in [1.807, 2.05) is 6.92 Å². The van der Waals surface area contributed by atoms with Crippen molar-refractivity contribution in [1.29, 1.82) is 0 Å². The summed E-state index contributed by atoms with van der Waals surface area (Å²) in [4.78, 5) is 14.4. The minimum absolute atomic E-state index is 0.112. The minimum atomic E-state index is -0.898. The Hall–Kier alpha value is -1.39. The van der Waals surface area contributed by atoms with Gasteiger partial charge >= 0.3 is 5.97 Å². The SMILES string of the molecule is CCc1nc(C)n(CC(=O)O)n1. The van der Waals surface area contributed by atoms with Gasteiger partial charge < -0.3 is 5.11 Å². The standard InChI is InChI=1S/C7H11N3O2/c1-3-6-8-5(2)10(9-6)4-7(11)12/h3-4H2,1-2H3,(H,11,12). The van der Waals surface area contributed by atoms with Crippen molar-refractivity contribution in [2.45, 2.75) is 26.8 Å². The lowest BCUT2D eigenvalue weighted by Crippen LogP contribution is -2.11. The molecule has 0 aliphatic rings. The van der Waals surface area contributed by atoms with Crippen LogP contribution >= 0.6 is 0 Å². The summed E-state index contributed by atoms with van der Waals surface area (Å²) in [5.41, 5.74) is 0. The van der Waals surface area contributed by atoms with E-state index in [0.717, 1.165) is 6.42 Å². The van der Waals surface area contributed by atoms with Crippen molar-refractivity contribution in [2.75, 3.05) is 0 Å². The number of carboxylic acid groups (broad SMARTS) is 1. The average Bonchev–Trinajstić information content (AvgIpc) is 2.31. The van der Waals surface area contributed by atoms with Crippen molar-refractivity contribution in [3.05, 3.63) is 11.6 Å². The molecule has 0 unspecified atom stereocenters. The minimum Gasteiger partial charge on any atom is -0.480 e. The van der Waals surface area contributed by atoms with E-state index in [2.05, 4.69) is 10.1 Å². The molecular formula is C7H11N3O2. The monoisotopic (exact) mass is 169 g/mol. The van der Waals surface area contributed by atoms with Gasteiger partial charge in [-0.15, -0.1) is 0 Å². The van der Waals surface area contributed by atoms with Crippen molar-refractivity contribution in [2.24, 2.45) is 0 Å². The van der Waals surface area contributed by atoms with Crippen LogP contribution in [-0.2, 0) is 17.8 Å². The molecule has 0 bridgehead atoms. The van der Waals surface area contributed by atoms with Crippen LogP contribution in [0.25, 0.3) is 0 Å². The second-order valence-electron chi connectivity index (χ2n) is 2.48. The Morgan fingerprint density at radius 1 is 1.67 bits per heavy atom. The number of rotatable bonds is 3. The van der Waals surface area contributed by atoms with E-state index in [-0.39, 0.29) is 6.54 Å². The van der Waals surface area contributed by atoms with Gasteiger partial charge in [-0.1, -0.05) is 6.92 Å². The summed E-state index contributed by atoms with van der Waals surface area (Å²) < 4.78 is 1.39. The van der Waals surface area contributed by atoms with Crippen LogP contribution in [0.5, 0.6) is 0 Å². The molecule has 0 amide bonds. The van der Waals surface area contributed by atoms with Gasteiger partial charge in [0.15, 0.2) is 5.82 Å². The summed E-state index contributed by atoms with van der Waals surface area (Å²) in [6, 6.07) is 0. The zero-order valence-corrected chi connectivity index (χ0v) is 7.11. The molecule has 66 valence electrons. The topological polar surface area (TPSA) is 68.0 Å². The molecule has 0 aromatic carbocycles. The largest absolute Gasteiger partial charge is 0.480 e. The van der Waals surface area contributed by atoms with Crippen molar-refractivity contribution in [1.82, 2.24) is 14.8 Å². The normalized spacial score (nSPS) is 10.2. The first-order chi connectivity index (χ1) is 5.63. The predicted octanol–water partition coefficient (Wildman–Crippen LogP) is 0.234. The zero-order chi connectivity index (χ0) is 9.14. The molecule has 12 heavy (non-hydrogen) atoms. The van der Waals surface area contributed by atoms with Crippen LogP contribution in [0.4, 0.5) is 0 Å². The number of aromatic nitrogens is 3. The molecule has 5 nitrogen and oxygen atoms in total. The summed E-state index contributed by atoms with van der Waals surface area (Å²) in [6.07, 6.45) is 0.730. The van der Waals surface area contributed by atoms with Crippen LogP contribution in [0.2, 0.25) is 0 Å². The summed E-state index contributed by atoms with van der Waals surface area (Å²) >= 11 is 0. The third kappa shape index (κ3) is 1.81. The summed E-state index contributed by atoms with van der Waals surface area (Å²) in [5, 5.41) is 12.5. The van der Waals surface area contributed by atoms with Crippen LogP contribution in [-0.4, -0.2) is 25.8 Å². The number of hydrogen-bond acceptors (Lipinski definition) is 3. The Kier molecular flexibility index (Phi) is 2.42. The highest BCUT2D eigenvalue weighted by Crippen LogP contribution is 1.97. The first-order valence-corrected chi connectivity index (χ1v) is 3.75. The zero-order valence-electron chi connectivity index (χ0n) is 7.11. The van der Waals surface area contributed by atoms with Gasteiger partial charge in [-0.2, -0.15) is 5.10 Å². The number of nitrogens with zero attached hydrogens (tertiary/aromatic N) is 3. The average molecular weight is 169 g/mol. The number of carboxylic acids is 1. The molecule has 0 aliphatic carbocycles. The molecule has 1 heterocycles. The van der Waals surface area contributed by atoms with Crippen molar-refractivity contribution in [3.63, 3.8) is 0 Å². The van der Waals surface area contributed by atoms with E-state index < -0.39 is 5.97 Å². The second-order valence-corrected chi connectivity index (χ2v) is 2.48. The third-order valence-corrected chi connectivity index (χ3v) is 1.50. The van der Waals surface area contributed by atoms with Gasteiger partial charge in [0.05, 0.1) is 0 Å². The lowest BCUT2D eigenvalue weighted by atomic mass is 10.5. The molecule has 0 radical (unpaired) electrons. The van der Waals surface area contributed by atoms with Crippen LogP contribution < -0.4 is 0 Å².